The molecule has 0 atom stereocenters. The average Bonchev–Trinajstić information content (AvgIpc) is 2.95. The van der Waals surface area contributed by atoms with E-state index in [1.807, 2.05) is 19.3 Å². The summed E-state index contributed by atoms with van der Waals surface area (Å²) in [5.74, 6) is 0.535. The van der Waals surface area contributed by atoms with Crippen LogP contribution in [0.3, 0.4) is 0 Å². The number of aryl methyl sites for hydroxylation is 1. The SMILES string of the molecule is Cn1cccc1C(=O)NC1(c2ncccn2)CCOCC1. The molecule has 2 aromatic rings. The van der Waals surface area contributed by atoms with Gasteiger partial charge in [0.25, 0.3) is 5.91 Å². The van der Waals surface area contributed by atoms with Crippen molar-refractivity contribution in [3.8, 4) is 0 Å². The van der Waals surface area contributed by atoms with Crippen molar-refractivity contribution in [3.05, 3.63) is 48.3 Å². The van der Waals surface area contributed by atoms with Crippen molar-refractivity contribution in [2.24, 2.45) is 7.05 Å². The van der Waals surface area contributed by atoms with E-state index in [1.165, 1.54) is 0 Å². The summed E-state index contributed by atoms with van der Waals surface area (Å²) in [4.78, 5) is 21.2. The number of ether oxygens (including phenoxy) is 1. The van der Waals surface area contributed by atoms with Gasteiger partial charge < -0.3 is 14.6 Å². The number of hydrogen-bond donors (Lipinski definition) is 1. The van der Waals surface area contributed by atoms with E-state index in [0.29, 0.717) is 37.6 Å². The lowest BCUT2D eigenvalue weighted by Gasteiger charge is -2.36. The van der Waals surface area contributed by atoms with E-state index in [1.54, 1.807) is 29.1 Å². The molecule has 1 aliphatic rings. The fraction of sp³-hybridized carbons (Fsp3) is 0.400. The van der Waals surface area contributed by atoms with Gasteiger partial charge in [-0.1, -0.05) is 0 Å². The van der Waals surface area contributed by atoms with Crippen LogP contribution in [-0.2, 0) is 17.3 Å². The average molecular weight is 286 g/mol. The molecule has 6 nitrogen and oxygen atoms in total. The third-order valence-corrected chi connectivity index (χ3v) is 3.87. The lowest BCUT2D eigenvalue weighted by atomic mass is 9.88. The van der Waals surface area contributed by atoms with Crippen molar-refractivity contribution in [2.75, 3.05) is 13.2 Å². The molecule has 110 valence electrons. The normalized spacial score (nSPS) is 17.4. The Balaban J connectivity index is 1.90. The molecule has 21 heavy (non-hydrogen) atoms. The first-order valence-electron chi connectivity index (χ1n) is 7.00. The molecule has 6 heteroatoms. The minimum absolute atomic E-state index is 0.114. The maximum absolute atomic E-state index is 12.5. The first kappa shape index (κ1) is 13.8. The number of hydrogen-bond acceptors (Lipinski definition) is 4. The topological polar surface area (TPSA) is 69.0 Å². The van der Waals surface area contributed by atoms with E-state index in [-0.39, 0.29) is 5.91 Å². The molecule has 0 aromatic carbocycles. The molecule has 0 aliphatic carbocycles. The van der Waals surface area contributed by atoms with Gasteiger partial charge in [0.05, 0.1) is 0 Å². The van der Waals surface area contributed by atoms with E-state index < -0.39 is 5.54 Å². The fourth-order valence-electron chi connectivity index (χ4n) is 2.65. The molecule has 1 saturated heterocycles. The Bertz CT molecular complexity index is 618. The summed E-state index contributed by atoms with van der Waals surface area (Å²) in [5.41, 5.74) is 0.0673. The number of rotatable bonds is 3. The smallest absolute Gasteiger partial charge is 0.268 e. The highest BCUT2D eigenvalue weighted by Gasteiger charge is 2.39. The molecule has 3 rings (SSSR count). The van der Waals surface area contributed by atoms with Crippen LogP contribution in [0.1, 0.15) is 29.2 Å². The van der Waals surface area contributed by atoms with Crippen molar-refractivity contribution in [1.29, 1.82) is 0 Å². The van der Waals surface area contributed by atoms with Gasteiger partial charge in [-0.15, -0.1) is 0 Å². The molecule has 1 aliphatic heterocycles. The van der Waals surface area contributed by atoms with Crippen molar-refractivity contribution in [3.63, 3.8) is 0 Å². The Morgan fingerprint density at radius 1 is 1.29 bits per heavy atom. The molecule has 1 amide bonds. The van der Waals surface area contributed by atoms with Crippen molar-refractivity contribution >= 4 is 5.91 Å². The molecule has 0 bridgehead atoms. The predicted octanol–water partition coefficient (Wildman–Crippen LogP) is 1.25. The number of amides is 1. The quantitative estimate of drug-likeness (QED) is 0.922. The second-order valence-electron chi connectivity index (χ2n) is 5.23. The van der Waals surface area contributed by atoms with Gasteiger partial charge in [0.1, 0.15) is 11.2 Å². The monoisotopic (exact) mass is 286 g/mol. The molecule has 0 saturated carbocycles. The molecular weight excluding hydrogens is 268 g/mol. The van der Waals surface area contributed by atoms with Crippen LogP contribution in [0.15, 0.2) is 36.8 Å². The van der Waals surface area contributed by atoms with Crippen LogP contribution in [-0.4, -0.2) is 33.7 Å². The molecule has 1 N–H and O–H groups in total. The summed E-state index contributed by atoms with van der Waals surface area (Å²) in [5, 5.41) is 3.13. The van der Waals surface area contributed by atoms with Gasteiger partial charge in [0.15, 0.2) is 5.82 Å². The van der Waals surface area contributed by atoms with Crippen LogP contribution < -0.4 is 5.32 Å². The van der Waals surface area contributed by atoms with Gasteiger partial charge in [0, 0.05) is 51.7 Å². The zero-order chi connectivity index (χ0) is 14.7. The lowest BCUT2D eigenvalue weighted by Crippen LogP contribution is -2.50. The molecule has 0 unspecified atom stereocenters. The van der Waals surface area contributed by atoms with E-state index in [4.69, 9.17) is 4.74 Å². The van der Waals surface area contributed by atoms with Crippen molar-refractivity contribution in [1.82, 2.24) is 19.9 Å². The molecule has 1 fully saturated rings. The largest absolute Gasteiger partial charge is 0.381 e. The number of carbonyl (C=O) groups excluding carboxylic acids is 1. The Kier molecular flexibility index (Phi) is 3.70. The summed E-state index contributed by atoms with van der Waals surface area (Å²) in [6.07, 6.45) is 6.60. The molecule has 2 aromatic heterocycles. The Labute approximate surface area is 123 Å². The van der Waals surface area contributed by atoms with Crippen molar-refractivity contribution < 1.29 is 9.53 Å². The maximum Gasteiger partial charge on any atom is 0.268 e. The molecule has 0 spiro atoms. The number of aromatic nitrogens is 3. The second kappa shape index (κ2) is 5.65. The van der Waals surface area contributed by atoms with E-state index in [9.17, 15) is 4.79 Å². The summed E-state index contributed by atoms with van der Waals surface area (Å²) in [6.45, 7) is 1.18. The zero-order valence-corrected chi connectivity index (χ0v) is 12.0. The van der Waals surface area contributed by atoms with E-state index in [0.717, 1.165) is 0 Å². The van der Waals surface area contributed by atoms with Gasteiger partial charge in [-0.05, 0) is 18.2 Å². The first-order valence-corrected chi connectivity index (χ1v) is 7.00. The maximum atomic E-state index is 12.5. The van der Waals surface area contributed by atoms with Crippen LogP contribution >= 0.6 is 0 Å². The Hall–Kier alpha value is -2.21. The molecule has 0 radical (unpaired) electrons. The third-order valence-electron chi connectivity index (χ3n) is 3.87. The molecular formula is C15H18N4O2. The highest BCUT2D eigenvalue weighted by molar-refractivity contribution is 5.93. The third kappa shape index (κ3) is 2.67. The summed E-state index contributed by atoms with van der Waals surface area (Å²) in [6, 6.07) is 5.42. The lowest BCUT2D eigenvalue weighted by molar-refractivity contribution is 0.0311. The number of carbonyl (C=O) groups is 1. The number of nitrogens with one attached hydrogen (secondary N) is 1. The van der Waals surface area contributed by atoms with Gasteiger partial charge in [-0.25, -0.2) is 9.97 Å². The van der Waals surface area contributed by atoms with Crippen LogP contribution in [0.2, 0.25) is 0 Å². The first-order chi connectivity index (χ1) is 10.2. The standard InChI is InChI=1S/C15H18N4O2/c1-19-9-2-4-12(19)13(20)18-15(5-10-21-11-6-15)14-16-7-3-8-17-14/h2-4,7-9H,5-6,10-11H2,1H3,(H,18,20). The predicted molar refractivity (Wildman–Crippen MR) is 76.6 cm³/mol. The van der Waals surface area contributed by atoms with Gasteiger partial charge in [0.2, 0.25) is 0 Å². The minimum atomic E-state index is -0.555. The highest BCUT2D eigenvalue weighted by atomic mass is 16.5. The zero-order valence-electron chi connectivity index (χ0n) is 12.0. The number of nitrogens with zero attached hydrogens (tertiary/aromatic N) is 3. The molecule has 3 heterocycles. The fourth-order valence-corrected chi connectivity index (χ4v) is 2.65. The Morgan fingerprint density at radius 3 is 2.62 bits per heavy atom. The van der Waals surface area contributed by atoms with E-state index in [2.05, 4.69) is 15.3 Å². The minimum Gasteiger partial charge on any atom is -0.381 e. The summed E-state index contributed by atoms with van der Waals surface area (Å²) in [7, 11) is 1.85. The van der Waals surface area contributed by atoms with Crippen LogP contribution in [0.5, 0.6) is 0 Å². The highest BCUT2D eigenvalue weighted by Crippen LogP contribution is 2.29. The van der Waals surface area contributed by atoms with Gasteiger partial charge in [-0.2, -0.15) is 0 Å². The van der Waals surface area contributed by atoms with Crippen molar-refractivity contribution in [2.45, 2.75) is 18.4 Å². The summed E-state index contributed by atoms with van der Waals surface area (Å²) < 4.78 is 7.23. The second-order valence-corrected chi connectivity index (χ2v) is 5.23. The van der Waals surface area contributed by atoms with Crippen LogP contribution in [0.25, 0.3) is 0 Å². The Morgan fingerprint density at radius 2 is 2.00 bits per heavy atom. The van der Waals surface area contributed by atoms with Gasteiger partial charge >= 0.3 is 0 Å². The summed E-state index contributed by atoms with van der Waals surface area (Å²) >= 11 is 0. The van der Waals surface area contributed by atoms with Gasteiger partial charge in [-0.3, -0.25) is 4.79 Å². The van der Waals surface area contributed by atoms with Crippen LogP contribution in [0.4, 0.5) is 0 Å². The van der Waals surface area contributed by atoms with E-state index >= 15 is 0 Å². The van der Waals surface area contributed by atoms with Crippen LogP contribution in [0, 0.1) is 0 Å².